The molecule has 2 aromatic carbocycles. The SMILES string of the molecule is COc1ccc(C2=C(c3ccc(OC)cc3)C(=O)C(C)(C)O2)cc1. The molecule has 4 nitrogen and oxygen atoms in total. The molecule has 3 rings (SSSR count). The Morgan fingerprint density at radius 1 is 0.792 bits per heavy atom. The van der Waals surface area contributed by atoms with E-state index in [0.717, 1.165) is 22.6 Å². The van der Waals surface area contributed by atoms with Crippen molar-refractivity contribution in [2.45, 2.75) is 19.4 Å². The fraction of sp³-hybridized carbons (Fsp3) is 0.250. The number of Topliss-reactive ketones (excluding diaryl/α,β-unsaturated/α-hetero) is 1. The van der Waals surface area contributed by atoms with Crippen molar-refractivity contribution in [1.29, 1.82) is 0 Å². The van der Waals surface area contributed by atoms with Crippen molar-refractivity contribution in [3.8, 4) is 11.5 Å². The lowest BCUT2D eigenvalue weighted by Crippen LogP contribution is -2.29. The Bertz CT molecular complexity index is 783. The van der Waals surface area contributed by atoms with Gasteiger partial charge in [0, 0.05) is 5.56 Å². The minimum Gasteiger partial charge on any atom is -0.497 e. The fourth-order valence-corrected chi connectivity index (χ4v) is 2.72. The predicted octanol–water partition coefficient (Wildman–Crippen LogP) is 3.95. The largest absolute Gasteiger partial charge is 0.497 e. The van der Waals surface area contributed by atoms with Crippen LogP contribution in [0.15, 0.2) is 48.5 Å². The van der Waals surface area contributed by atoms with Crippen molar-refractivity contribution in [2.75, 3.05) is 14.2 Å². The van der Waals surface area contributed by atoms with E-state index in [0.29, 0.717) is 11.3 Å². The quantitative estimate of drug-likeness (QED) is 0.854. The first-order chi connectivity index (χ1) is 11.5. The molecule has 1 aliphatic heterocycles. The lowest BCUT2D eigenvalue weighted by Gasteiger charge is -2.17. The van der Waals surface area contributed by atoms with Gasteiger partial charge in [-0.1, -0.05) is 12.1 Å². The monoisotopic (exact) mass is 324 g/mol. The third kappa shape index (κ3) is 2.75. The Hall–Kier alpha value is -2.75. The molecule has 2 aromatic rings. The molecule has 0 amide bonds. The molecule has 1 aliphatic rings. The molecular formula is C20H20O4. The highest BCUT2D eigenvalue weighted by Crippen LogP contribution is 2.41. The van der Waals surface area contributed by atoms with E-state index in [-0.39, 0.29) is 5.78 Å². The Labute approximate surface area is 141 Å². The molecule has 4 heteroatoms. The molecule has 0 aromatic heterocycles. The van der Waals surface area contributed by atoms with Crippen LogP contribution in [0.1, 0.15) is 25.0 Å². The van der Waals surface area contributed by atoms with Crippen LogP contribution in [0.3, 0.4) is 0 Å². The highest BCUT2D eigenvalue weighted by Gasteiger charge is 2.42. The maximum atomic E-state index is 12.9. The summed E-state index contributed by atoms with van der Waals surface area (Å²) >= 11 is 0. The molecule has 0 fully saturated rings. The molecule has 24 heavy (non-hydrogen) atoms. The van der Waals surface area contributed by atoms with E-state index in [1.165, 1.54) is 0 Å². The van der Waals surface area contributed by atoms with Crippen LogP contribution in [0.2, 0.25) is 0 Å². The maximum Gasteiger partial charge on any atom is 0.210 e. The molecule has 0 unspecified atom stereocenters. The summed E-state index contributed by atoms with van der Waals surface area (Å²) in [6.07, 6.45) is 0. The Kier molecular flexibility index (Phi) is 4.06. The van der Waals surface area contributed by atoms with Gasteiger partial charge < -0.3 is 14.2 Å². The number of carbonyl (C=O) groups excluding carboxylic acids is 1. The maximum absolute atomic E-state index is 12.9. The summed E-state index contributed by atoms with van der Waals surface area (Å²) in [5.74, 6) is 2.07. The normalized spacial score (nSPS) is 16.1. The lowest BCUT2D eigenvalue weighted by molar-refractivity contribution is -0.125. The van der Waals surface area contributed by atoms with Gasteiger partial charge in [-0.2, -0.15) is 0 Å². The van der Waals surface area contributed by atoms with E-state index in [2.05, 4.69) is 0 Å². The number of hydrogen-bond donors (Lipinski definition) is 0. The standard InChI is InChI=1S/C20H20O4/c1-20(2)19(21)17(13-5-9-15(22-3)10-6-13)18(24-20)14-7-11-16(23-4)12-8-14/h5-12H,1-4H3. The summed E-state index contributed by atoms with van der Waals surface area (Å²) < 4.78 is 16.4. The number of carbonyl (C=O) groups is 1. The van der Waals surface area contributed by atoms with E-state index in [1.54, 1.807) is 28.1 Å². The zero-order chi connectivity index (χ0) is 17.3. The molecule has 0 bridgehead atoms. The van der Waals surface area contributed by atoms with Crippen molar-refractivity contribution in [3.05, 3.63) is 59.7 Å². The molecule has 0 radical (unpaired) electrons. The van der Waals surface area contributed by atoms with Crippen LogP contribution in [0.5, 0.6) is 11.5 Å². The molecule has 0 saturated carbocycles. The summed E-state index contributed by atoms with van der Waals surface area (Å²) in [4.78, 5) is 12.9. The fourth-order valence-electron chi connectivity index (χ4n) is 2.72. The van der Waals surface area contributed by atoms with Crippen molar-refractivity contribution in [1.82, 2.24) is 0 Å². The second-order valence-electron chi connectivity index (χ2n) is 6.10. The zero-order valence-corrected chi connectivity index (χ0v) is 14.3. The van der Waals surface area contributed by atoms with Crippen LogP contribution in [0, 0.1) is 0 Å². The number of hydrogen-bond acceptors (Lipinski definition) is 4. The molecule has 0 spiro atoms. The van der Waals surface area contributed by atoms with Crippen LogP contribution in [0.25, 0.3) is 11.3 Å². The number of ether oxygens (including phenoxy) is 3. The van der Waals surface area contributed by atoms with E-state index >= 15 is 0 Å². The van der Waals surface area contributed by atoms with Gasteiger partial charge in [-0.25, -0.2) is 0 Å². The average molecular weight is 324 g/mol. The first-order valence-electron chi connectivity index (χ1n) is 7.73. The Morgan fingerprint density at radius 3 is 1.71 bits per heavy atom. The van der Waals surface area contributed by atoms with Crippen LogP contribution < -0.4 is 9.47 Å². The third-order valence-electron chi connectivity index (χ3n) is 4.09. The molecule has 0 N–H and O–H groups in total. The number of methoxy groups -OCH3 is 2. The molecule has 0 aliphatic carbocycles. The van der Waals surface area contributed by atoms with Gasteiger partial charge in [0.2, 0.25) is 5.78 Å². The van der Waals surface area contributed by atoms with E-state index in [9.17, 15) is 4.79 Å². The third-order valence-corrected chi connectivity index (χ3v) is 4.09. The lowest BCUT2D eigenvalue weighted by atomic mass is 9.92. The van der Waals surface area contributed by atoms with Crippen molar-refractivity contribution in [2.24, 2.45) is 0 Å². The highest BCUT2D eigenvalue weighted by molar-refractivity contribution is 6.32. The highest BCUT2D eigenvalue weighted by atomic mass is 16.5. The topological polar surface area (TPSA) is 44.8 Å². The smallest absolute Gasteiger partial charge is 0.210 e. The molecule has 0 saturated heterocycles. The van der Waals surface area contributed by atoms with E-state index in [4.69, 9.17) is 14.2 Å². The van der Waals surface area contributed by atoms with Gasteiger partial charge in [0.15, 0.2) is 5.60 Å². The van der Waals surface area contributed by atoms with Crippen LogP contribution in [0.4, 0.5) is 0 Å². The van der Waals surface area contributed by atoms with Crippen LogP contribution in [-0.4, -0.2) is 25.6 Å². The van der Waals surface area contributed by atoms with Gasteiger partial charge in [0.25, 0.3) is 0 Å². The molecule has 0 atom stereocenters. The Balaban J connectivity index is 2.11. The minimum atomic E-state index is -0.884. The summed E-state index contributed by atoms with van der Waals surface area (Å²) in [5.41, 5.74) is 1.37. The van der Waals surface area contributed by atoms with Gasteiger partial charge in [-0.3, -0.25) is 4.79 Å². The van der Waals surface area contributed by atoms with Gasteiger partial charge in [0.1, 0.15) is 17.3 Å². The van der Waals surface area contributed by atoms with E-state index in [1.807, 2.05) is 48.5 Å². The Morgan fingerprint density at radius 2 is 1.25 bits per heavy atom. The van der Waals surface area contributed by atoms with Crippen molar-refractivity contribution in [3.63, 3.8) is 0 Å². The number of benzene rings is 2. The first kappa shape index (κ1) is 16.1. The van der Waals surface area contributed by atoms with Crippen LogP contribution in [-0.2, 0) is 9.53 Å². The molecule has 124 valence electrons. The number of rotatable bonds is 4. The summed E-state index contributed by atoms with van der Waals surface area (Å²) in [7, 11) is 3.24. The van der Waals surface area contributed by atoms with Gasteiger partial charge in [-0.05, 0) is 55.8 Å². The zero-order valence-electron chi connectivity index (χ0n) is 14.3. The van der Waals surface area contributed by atoms with E-state index < -0.39 is 5.60 Å². The van der Waals surface area contributed by atoms with Crippen molar-refractivity contribution >= 4 is 17.1 Å². The predicted molar refractivity (Wildman–Crippen MR) is 93.0 cm³/mol. The first-order valence-corrected chi connectivity index (χ1v) is 7.73. The summed E-state index contributed by atoms with van der Waals surface area (Å²) in [6.45, 7) is 3.57. The summed E-state index contributed by atoms with van der Waals surface area (Å²) in [5, 5.41) is 0. The second kappa shape index (κ2) is 6.04. The summed E-state index contributed by atoms with van der Waals surface area (Å²) in [6, 6.07) is 14.9. The number of ketones is 1. The second-order valence-corrected chi connectivity index (χ2v) is 6.10. The average Bonchev–Trinajstić information content (AvgIpc) is 2.85. The molecule has 1 heterocycles. The minimum absolute atomic E-state index is 0.0292. The van der Waals surface area contributed by atoms with Gasteiger partial charge in [0.05, 0.1) is 19.8 Å². The van der Waals surface area contributed by atoms with Crippen molar-refractivity contribution < 1.29 is 19.0 Å². The van der Waals surface area contributed by atoms with Gasteiger partial charge >= 0.3 is 0 Å². The molecular weight excluding hydrogens is 304 g/mol. The van der Waals surface area contributed by atoms with Gasteiger partial charge in [-0.15, -0.1) is 0 Å². The van der Waals surface area contributed by atoms with Crippen LogP contribution >= 0.6 is 0 Å².